The van der Waals surface area contributed by atoms with Crippen molar-refractivity contribution in [3.8, 4) is 0 Å². The van der Waals surface area contributed by atoms with Crippen molar-refractivity contribution in [1.82, 2.24) is 5.32 Å². The molecule has 0 unspecified atom stereocenters. The zero-order chi connectivity index (χ0) is 16.9. The minimum atomic E-state index is -3.23. The van der Waals surface area contributed by atoms with Gasteiger partial charge < -0.3 is 10.1 Å². The van der Waals surface area contributed by atoms with Crippen molar-refractivity contribution in [3.05, 3.63) is 29.8 Å². The highest BCUT2D eigenvalue weighted by molar-refractivity contribution is 7.93. The Labute approximate surface area is 137 Å². The van der Waals surface area contributed by atoms with Crippen LogP contribution in [0.25, 0.3) is 0 Å². The van der Waals surface area contributed by atoms with Gasteiger partial charge in [-0.2, -0.15) is 0 Å². The monoisotopic (exact) mass is 340 g/mol. The molecule has 0 atom stereocenters. The van der Waals surface area contributed by atoms with Crippen molar-refractivity contribution < 1.29 is 17.9 Å². The van der Waals surface area contributed by atoms with E-state index in [0.29, 0.717) is 37.4 Å². The van der Waals surface area contributed by atoms with Gasteiger partial charge in [-0.3, -0.25) is 9.10 Å². The summed E-state index contributed by atoms with van der Waals surface area (Å²) in [5.41, 5.74) is 1.02. The third-order valence-corrected chi connectivity index (χ3v) is 5.42. The largest absolute Gasteiger partial charge is 0.379 e. The SMILES string of the molecule is CC(C)OCCCNC(=O)c1cccc(N2CCCS2(=O)=O)c1. The minimum Gasteiger partial charge on any atom is -0.379 e. The van der Waals surface area contributed by atoms with Gasteiger partial charge in [0.05, 0.1) is 17.5 Å². The highest BCUT2D eigenvalue weighted by Gasteiger charge is 2.28. The number of carbonyl (C=O) groups is 1. The van der Waals surface area contributed by atoms with Crippen LogP contribution in [0.15, 0.2) is 24.3 Å². The molecule has 1 aromatic carbocycles. The number of ether oxygens (including phenoxy) is 1. The maximum absolute atomic E-state index is 12.2. The Morgan fingerprint density at radius 2 is 2.17 bits per heavy atom. The number of rotatable bonds is 7. The lowest BCUT2D eigenvalue weighted by molar-refractivity contribution is 0.0757. The summed E-state index contributed by atoms with van der Waals surface area (Å²) < 4.78 is 30.7. The first kappa shape index (κ1) is 17.7. The van der Waals surface area contributed by atoms with Crippen LogP contribution in [0.3, 0.4) is 0 Å². The van der Waals surface area contributed by atoms with Gasteiger partial charge in [-0.1, -0.05) is 6.07 Å². The average molecular weight is 340 g/mol. The number of nitrogens with zero attached hydrogens (tertiary/aromatic N) is 1. The molecular weight excluding hydrogens is 316 g/mol. The van der Waals surface area contributed by atoms with Crippen molar-refractivity contribution in [1.29, 1.82) is 0 Å². The normalized spacial score (nSPS) is 16.7. The fourth-order valence-electron chi connectivity index (χ4n) is 2.43. The number of carbonyl (C=O) groups excluding carboxylic acids is 1. The van der Waals surface area contributed by atoms with Gasteiger partial charge in [0, 0.05) is 25.3 Å². The van der Waals surface area contributed by atoms with Crippen LogP contribution in [-0.2, 0) is 14.8 Å². The summed E-state index contributed by atoms with van der Waals surface area (Å²) in [6.07, 6.45) is 1.54. The molecule has 0 saturated carbocycles. The minimum absolute atomic E-state index is 0.166. The topological polar surface area (TPSA) is 75.7 Å². The summed E-state index contributed by atoms with van der Waals surface area (Å²) in [6.45, 7) is 5.54. The fourth-order valence-corrected chi connectivity index (χ4v) is 3.98. The maximum Gasteiger partial charge on any atom is 0.251 e. The zero-order valence-electron chi connectivity index (χ0n) is 13.6. The molecule has 0 aromatic heterocycles. The van der Waals surface area contributed by atoms with Crippen LogP contribution in [0.1, 0.15) is 37.0 Å². The molecule has 1 aromatic rings. The standard InChI is InChI=1S/C16H24N2O4S/c1-13(2)22-10-4-8-17-16(19)14-6-3-7-15(12-14)18-9-5-11-23(18,20)21/h3,6-7,12-13H,4-5,8-11H2,1-2H3,(H,17,19). The Hall–Kier alpha value is -1.60. The molecule has 1 amide bonds. The van der Waals surface area contributed by atoms with E-state index in [1.54, 1.807) is 24.3 Å². The van der Waals surface area contributed by atoms with E-state index in [2.05, 4.69) is 5.32 Å². The average Bonchev–Trinajstić information content (AvgIpc) is 2.86. The maximum atomic E-state index is 12.2. The number of nitrogens with one attached hydrogen (secondary N) is 1. The summed E-state index contributed by atoms with van der Waals surface area (Å²) in [6, 6.07) is 6.74. The van der Waals surface area contributed by atoms with E-state index in [9.17, 15) is 13.2 Å². The summed E-state index contributed by atoms with van der Waals surface area (Å²) >= 11 is 0. The van der Waals surface area contributed by atoms with E-state index in [-0.39, 0.29) is 17.8 Å². The van der Waals surface area contributed by atoms with Crippen LogP contribution in [0, 0.1) is 0 Å². The highest BCUT2D eigenvalue weighted by Crippen LogP contribution is 2.24. The van der Waals surface area contributed by atoms with Gasteiger partial charge in [0.25, 0.3) is 5.91 Å². The van der Waals surface area contributed by atoms with Crippen molar-refractivity contribution in [3.63, 3.8) is 0 Å². The van der Waals surface area contributed by atoms with E-state index < -0.39 is 10.0 Å². The Morgan fingerprint density at radius 3 is 2.83 bits per heavy atom. The second-order valence-electron chi connectivity index (χ2n) is 5.82. The number of amides is 1. The molecule has 23 heavy (non-hydrogen) atoms. The van der Waals surface area contributed by atoms with Gasteiger partial charge in [0.1, 0.15) is 0 Å². The van der Waals surface area contributed by atoms with Crippen molar-refractivity contribution in [2.45, 2.75) is 32.8 Å². The third-order valence-electron chi connectivity index (χ3n) is 3.55. The number of hydrogen-bond donors (Lipinski definition) is 1. The molecule has 1 fully saturated rings. The van der Waals surface area contributed by atoms with Crippen LogP contribution in [-0.4, -0.2) is 45.9 Å². The number of benzene rings is 1. The lowest BCUT2D eigenvalue weighted by Gasteiger charge is -2.17. The Balaban J connectivity index is 1.93. The first-order chi connectivity index (χ1) is 10.9. The molecule has 1 saturated heterocycles. The molecule has 0 radical (unpaired) electrons. The van der Waals surface area contributed by atoms with Gasteiger partial charge >= 0.3 is 0 Å². The van der Waals surface area contributed by atoms with Crippen LogP contribution in [0.2, 0.25) is 0 Å². The molecule has 128 valence electrons. The van der Waals surface area contributed by atoms with E-state index in [1.807, 2.05) is 13.8 Å². The molecule has 1 aliphatic heterocycles. The van der Waals surface area contributed by atoms with Crippen LogP contribution in [0.5, 0.6) is 0 Å². The predicted octanol–water partition coefficient (Wildman–Crippen LogP) is 1.77. The van der Waals surface area contributed by atoms with Crippen molar-refractivity contribution in [2.24, 2.45) is 0 Å². The molecule has 1 N–H and O–H groups in total. The zero-order valence-corrected chi connectivity index (χ0v) is 14.4. The first-order valence-corrected chi connectivity index (χ1v) is 9.51. The molecule has 2 rings (SSSR count). The molecule has 6 nitrogen and oxygen atoms in total. The van der Waals surface area contributed by atoms with Crippen LogP contribution < -0.4 is 9.62 Å². The van der Waals surface area contributed by atoms with Gasteiger partial charge in [-0.15, -0.1) is 0 Å². The molecule has 1 aliphatic rings. The van der Waals surface area contributed by atoms with Gasteiger partial charge in [-0.05, 0) is 44.9 Å². The number of hydrogen-bond acceptors (Lipinski definition) is 4. The molecule has 0 bridgehead atoms. The summed E-state index contributed by atoms with van der Waals surface area (Å²) in [7, 11) is -3.23. The van der Waals surface area contributed by atoms with Crippen LogP contribution >= 0.6 is 0 Å². The summed E-state index contributed by atoms with van der Waals surface area (Å²) in [5, 5.41) is 2.82. The van der Waals surface area contributed by atoms with Gasteiger partial charge in [0.2, 0.25) is 10.0 Å². The van der Waals surface area contributed by atoms with E-state index in [0.717, 1.165) is 6.42 Å². The summed E-state index contributed by atoms with van der Waals surface area (Å²) in [5.74, 6) is -0.0350. The Bertz CT molecular complexity index is 643. The van der Waals surface area contributed by atoms with Crippen molar-refractivity contribution >= 4 is 21.6 Å². The third kappa shape index (κ3) is 4.94. The number of anilines is 1. The Morgan fingerprint density at radius 1 is 1.39 bits per heavy atom. The van der Waals surface area contributed by atoms with Gasteiger partial charge in [-0.25, -0.2) is 8.42 Å². The quantitative estimate of drug-likeness (QED) is 0.768. The molecular formula is C16H24N2O4S. The summed E-state index contributed by atoms with van der Waals surface area (Å²) in [4.78, 5) is 12.2. The lowest BCUT2D eigenvalue weighted by atomic mass is 10.2. The van der Waals surface area contributed by atoms with Crippen molar-refractivity contribution in [2.75, 3.05) is 29.8 Å². The second-order valence-corrected chi connectivity index (χ2v) is 7.83. The molecule has 0 aliphatic carbocycles. The smallest absolute Gasteiger partial charge is 0.251 e. The lowest BCUT2D eigenvalue weighted by Crippen LogP contribution is -2.27. The van der Waals surface area contributed by atoms with E-state index >= 15 is 0 Å². The van der Waals surface area contributed by atoms with E-state index in [1.165, 1.54) is 4.31 Å². The van der Waals surface area contributed by atoms with Gasteiger partial charge in [0.15, 0.2) is 0 Å². The number of sulfonamides is 1. The molecule has 0 spiro atoms. The predicted molar refractivity (Wildman–Crippen MR) is 90.2 cm³/mol. The molecule has 7 heteroatoms. The first-order valence-electron chi connectivity index (χ1n) is 7.90. The highest BCUT2D eigenvalue weighted by atomic mass is 32.2. The van der Waals surface area contributed by atoms with E-state index in [4.69, 9.17) is 4.74 Å². The van der Waals surface area contributed by atoms with Crippen LogP contribution in [0.4, 0.5) is 5.69 Å². The molecule has 1 heterocycles. The second kappa shape index (κ2) is 7.79. The Kier molecular flexibility index (Phi) is 6.01. The fraction of sp³-hybridized carbons (Fsp3) is 0.562.